The van der Waals surface area contributed by atoms with Crippen molar-refractivity contribution in [2.45, 2.75) is 6.92 Å². The fourth-order valence-corrected chi connectivity index (χ4v) is 1.17. The van der Waals surface area contributed by atoms with Crippen molar-refractivity contribution < 1.29 is 9.53 Å². The number of rotatable bonds is 1. The van der Waals surface area contributed by atoms with Crippen LogP contribution in [0, 0.1) is 10.8 Å². The van der Waals surface area contributed by atoms with Gasteiger partial charge in [0.1, 0.15) is 11.4 Å². The molecule has 0 atom stereocenters. The van der Waals surface area contributed by atoms with E-state index in [4.69, 9.17) is 22.4 Å². The predicted octanol–water partition coefficient (Wildman–Crippen LogP) is 0.648. The Morgan fingerprint density at radius 3 is 2.73 bits per heavy atom. The van der Waals surface area contributed by atoms with Crippen LogP contribution in [0.4, 0.5) is 0 Å². The number of nitrogens with one attached hydrogen (secondary N) is 2. The van der Waals surface area contributed by atoms with Crippen LogP contribution >= 0.6 is 11.6 Å². The van der Waals surface area contributed by atoms with E-state index in [2.05, 4.69) is 9.84 Å². The molecule has 1 aromatic heterocycles. The zero-order valence-corrected chi connectivity index (χ0v) is 8.92. The third-order valence-corrected chi connectivity index (χ3v) is 1.83. The van der Waals surface area contributed by atoms with Crippen molar-refractivity contribution in [3.05, 3.63) is 22.3 Å². The van der Waals surface area contributed by atoms with E-state index in [9.17, 15) is 4.79 Å². The molecule has 80 valence electrons. The SMILES string of the molecule is COC(=O)c1cc(Cl)nn(C(C)=N)c1=N. The largest absolute Gasteiger partial charge is 0.465 e. The van der Waals surface area contributed by atoms with Crippen molar-refractivity contribution in [1.82, 2.24) is 9.78 Å². The lowest BCUT2D eigenvalue weighted by Crippen LogP contribution is -2.32. The van der Waals surface area contributed by atoms with Gasteiger partial charge in [0, 0.05) is 0 Å². The molecule has 7 heteroatoms. The number of carbonyl (C=O) groups is 1. The van der Waals surface area contributed by atoms with Gasteiger partial charge >= 0.3 is 5.97 Å². The Kier molecular flexibility index (Phi) is 3.21. The van der Waals surface area contributed by atoms with Gasteiger partial charge in [-0.3, -0.25) is 10.8 Å². The molecule has 0 aromatic carbocycles. The maximum Gasteiger partial charge on any atom is 0.341 e. The van der Waals surface area contributed by atoms with E-state index in [1.165, 1.54) is 20.1 Å². The lowest BCUT2D eigenvalue weighted by molar-refractivity contribution is 0.0597. The molecule has 6 nitrogen and oxygen atoms in total. The molecule has 0 saturated heterocycles. The first-order valence-electron chi connectivity index (χ1n) is 3.95. The molecule has 15 heavy (non-hydrogen) atoms. The van der Waals surface area contributed by atoms with Gasteiger partial charge in [0.05, 0.1) is 7.11 Å². The summed E-state index contributed by atoms with van der Waals surface area (Å²) in [5.74, 6) is -0.688. The van der Waals surface area contributed by atoms with Gasteiger partial charge < -0.3 is 4.74 Å². The molecule has 1 aromatic rings. The van der Waals surface area contributed by atoms with Gasteiger partial charge in [-0.2, -0.15) is 5.10 Å². The summed E-state index contributed by atoms with van der Waals surface area (Å²) in [4.78, 5) is 11.2. The van der Waals surface area contributed by atoms with E-state index in [1.807, 2.05) is 0 Å². The van der Waals surface area contributed by atoms with Gasteiger partial charge in [0.25, 0.3) is 0 Å². The van der Waals surface area contributed by atoms with Crippen LogP contribution in [0.25, 0.3) is 0 Å². The molecule has 1 heterocycles. The molecule has 0 fully saturated rings. The molecule has 0 unspecified atom stereocenters. The Balaban J connectivity index is 3.48. The van der Waals surface area contributed by atoms with Crippen molar-refractivity contribution in [3.8, 4) is 0 Å². The second-order valence-corrected chi connectivity index (χ2v) is 3.11. The van der Waals surface area contributed by atoms with Crippen LogP contribution in [0.5, 0.6) is 0 Å². The summed E-state index contributed by atoms with van der Waals surface area (Å²) in [7, 11) is 1.21. The van der Waals surface area contributed by atoms with Crippen LogP contribution in [0.1, 0.15) is 17.3 Å². The lowest BCUT2D eigenvalue weighted by Gasteiger charge is -2.06. The highest BCUT2D eigenvalue weighted by atomic mass is 35.5. The van der Waals surface area contributed by atoms with Crippen LogP contribution < -0.4 is 5.49 Å². The minimum atomic E-state index is -0.681. The molecule has 2 N–H and O–H groups in total. The first-order chi connectivity index (χ1) is 6.97. The molecular formula is C8H9ClN4O2. The van der Waals surface area contributed by atoms with Crippen LogP contribution in [-0.4, -0.2) is 28.7 Å². The Morgan fingerprint density at radius 1 is 1.67 bits per heavy atom. The summed E-state index contributed by atoms with van der Waals surface area (Å²) < 4.78 is 5.43. The second-order valence-electron chi connectivity index (χ2n) is 2.72. The van der Waals surface area contributed by atoms with Crippen molar-refractivity contribution >= 4 is 23.4 Å². The number of nitrogens with zero attached hydrogens (tertiary/aromatic N) is 2. The normalized spacial score (nSPS) is 9.80. The number of halogens is 1. The molecule has 0 aliphatic rings. The van der Waals surface area contributed by atoms with Crippen LogP contribution in [0.15, 0.2) is 6.07 Å². The highest BCUT2D eigenvalue weighted by Gasteiger charge is 2.13. The molecule has 0 radical (unpaired) electrons. The average Bonchev–Trinajstić information content (AvgIpc) is 2.19. The van der Waals surface area contributed by atoms with E-state index in [1.54, 1.807) is 0 Å². The first-order valence-corrected chi connectivity index (χ1v) is 4.33. The number of esters is 1. The number of methoxy groups -OCH3 is 1. The maximum absolute atomic E-state index is 11.2. The van der Waals surface area contributed by atoms with Crippen molar-refractivity contribution in [3.63, 3.8) is 0 Å². The minimum absolute atomic E-state index is 0.00680. The van der Waals surface area contributed by atoms with Crippen LogP contribution in [0.2, 0.25) is 5.15 Å². The topological polar surface area (TPSA) is 91.8 Å². The Morgan fingerprint density at radius 2 is 2.27 bits per heavy atom. The predicted molar refractivity (Wildman–Crippen MR) is 53.2 cm³/mol. The van der Waals surface area contributed by atoms with Gasteiger partial charge in [0.15, 0.2) is 10.6 Å². The van der Waals surface area contributed by atoms with E-state index in [-0.39, 0.29) is 22.0 Å². The Labute approximate surface area is 90.5 Å². The number of hydrogen-bond donors (Lipinski definition) is 2. The number of aromatic nitrogens is 2. The summed E-state index contributed by atoms with van der Waals surface area (Å²) in [6, 6.07) is 1.23. The average molecular weight is 229 g/mol. The molecule has 0 saturated carbocycles. The lowest BCUT2D eigenvalue weighted by atomic mass is 10.3. The van der Waals surface area contributed by atoms with Gasteiger partial charge in [-0.15, -0.1) is 0 Å². The zero-order chi connectivity index (χ0) is 11.6. The number of ether oxygens (including phenoxy) is 1. The molecule has 1 rings (SSSR count). The summed E-state index contributed by atoms with van der Waals surface area (Å²) in [5.41, 5.74) is -0.247. The standard InChI is InChI=1S/C8H9ClN4O2/c1-4(10)13-7(11)5(8(14)15-2)3-6(9)12-13/h3,10-11H,1-2H3. The quantitative estimate of drug-likeness (QED) is 0.420. The van der Waals surface area contributed by atoms with E-state index in [0.29, 0.717) is 0 Å². The monoisotopic (exact) mass is 228 g/mol. The summed E-state index contributed by atoms with van der Waals surface area (Å²) in [6.45, 7) is 1.43. The van der Waals surface area contributed by atoms with Gasteiger partial charge in [-0.25, -0.2) is 9.48 Å². The van der Waals surface area contributed by atoms with Crippen LogP contribution in [-0.2, 0) is 4.74 Å². The zero-order valence-electron chi connectivity index (χ0n) is 8.17. The summed E-state index contributed by atoms with van der Waals surface area (Å²) in [6.07, 6.45) is 0. The Bertz CT molecular complexity index is 480. The van der Waals surface area contributed by atoms with Gasteiger partial charge in [0.2, 0.25) is 0 Å². The summed E-state index contributed by atoms with van der Waals surface area (Å²) in [5, 5.41) is 18.7. The van der Waals surface area contributed by atoms with E-state index in [0.717, 1.165) is 4.68 Å². The van der Waals surface area contributed by atoms with Crippen molar-refractivity contribution in [2.24, 2.45) is 0 Å². The van der Waals surface area contributed by atoms with Crippen molar-refractivity contribution in [1.29, 1.82) is 10.8 Å². The fourth-order valence-electron chi connectivity index (χ4n) is 0.984. The first kappa shape index (κ1) is 11.4. The van der Waals surface area contributed by atoms with Gasteiger partial charge in [-0.1, -0.05) is 11.6 Å². The third-order valence-electron chi connectivity index (χ3n) is 1.65. The molecule has 0 aliphatic carbocycles. The minimum Gasteiger partial charge on any atom is -0.465 e. The van der Waals surface area contributed by atoms with Crippen molar-refractivity contribution in [2.75, 3.05) is 7.11 Å². The van der Waals surface area contributed by atoms with E-state index >= 15 is 0 Å². The van der Waals surface area contributed by atoms with Crippen LogP contribution in [0.3, 0.4) is 0 Å². The third kappa shape index (κ3) is 2.21. The highest BCUT2D eigenvalue weighted by Crippen LogP contribution is 2.04. The second kappa shape index (κ2) is 4.22. The summed E-state index contributed by atoms with van der Waals surface area (Å²) >= 11 is 5.65. The molecule has 0 bridgehead atoms. The molecule has 0 amide bonds. The maximum atomic E-state index is 11.2. The highest BCUT2D eigenvalue weighted by molar-refractivity contribution is 6.29. The van der Waals surface area contributed by atoms with E-state index < -0.39 is 5.97 Å². The number of hydrogen-bond acceptors (Lipinski definition) is 5. The number of carbonyl (C=O) groups excluding carboxylic acids is 1. The Hall–Kier alpha value is -1.69. The molecular weight excluding hydrogens is 220 g/mol. The fraction of sp³-hybridized carbons (Fsp3) is 0.250. The van der Waals surface area contributed by atoms with Gasteiger partial charge in [-0.05, 0) is 13.0 Å². The molecule has 0 spiro atoms. The smallest absolute Gasteiger partial charge is 0.341 e. The molecule has 0 aliphatic heterocycles.